The van der Waals surface area contributed by atoms with Gasteiger partial charge in [-0.05, 0) is 24.8 Å². The Kier molecular flexibility index (Phi) is 4.75. The van der Waals surface area contributed by atoms with Crippen LogP contribution in [0.25, 0.3) is 0 Å². The largest absolute Gasteiger partial charge is 0.319 e. The number of hydrogen-bond acceptors (Lipinski definition) is 5. The van der Waals surface area contributed by atoms with Crippen molar-refractivity contribution in [3.63, 3.8) is 0 Å². The maximum Gasteiger partial charge on any atom is 0.244 e. The molecule has 1 aliphatic rings. The fourth-order valence-corrected chi connectivity index (χ4v) is 3.96. The Morgan fingerprint density at radius 2 is 2.14 bits per heavy atom. The Bertz CT molecular complexity index is 598. The average molecular weight is 330 g/mol. The minimum absolute atomic E-state index is 0.0125. The van der Waals surface area contributed by atoms with Gasteiger partial charge in [-0.25, -0.2) is 8.42 Å². The molecule has 2 heterocycles. The molecular formula is C14H22N2O3S2. The Balaban J connectivity index is 2.24. The third-order valence-corrected chi connectivity index (χ3v) is 6.71. The molecule has 0 bridgehead atoms. The lowest BCUT2D eigenvalue weighted by atomic mass is 9.99. The first-order chi connectivity index (χ1) is 9.83. The van der Waals surface area contributed by atoms with Crippen molar-refractivity contribution in [2.24, 2.45) is 0 Å². The quantitative estimate of drug-likeness (QED) is 0.863. The summed E-state index contributed by atoms with van der Waals surface area (Å²) in [6, 6.07) is 3.91. The molecule has 118 valence electrons. The highest BCUT2D eigenvalue weighted by Crippen LogP contribution is 2.34. The van der Waals surface area contributed by atoms with Gasteiger partial charge in [0.25, 0.3) is 0 Å². The van der Waals surface area contributed by atoms with Crippen LogP contribution in [0.4, 0.5) is 0 Å². The molecule has 2 unspecified atom stereocenters. The molecule has 1 aromatic heterocycles. The summed E-state index contributed by atoms with van der Waals surface area (Å²) in [7, 11) is -3.08. The third-order valence-electron chi connectivity index (χ3n) is 4.10. The number of sulfone groups is 1. The topological polar surface area (TPSA) is 66.5 Å². The molecule has 1 aliphatic heterocycles. The van der Waals surface area contributed by atoms with E-state index in [1.165, 1.54) is 0 Å². The van der Waals surface area contributed by atoms with Crippen LogP contribution in [0.1, 0.15) is 38.2 Å². The highest BCUT2D eigenvalue weighted by molar-refractivity contribution is 7.91. The summed E-state index contributed by atoms with van der Waals surface area (Å²) in [6.45, 7) is 5.71. The lowest BCUT2D eigenvalue weighted by molar-refractivity contribution is -0.132. The molecule has 0 aliphatic carbocycles. The van der Waals surface area contributed by atoms with E-state index in [1.807, 2.05) is 31.4 Å². The van der Waals surface area contributed by atoms with Crippen LogP contribution in [0.2, 0.25) is 0 Å². The number of rotatable bonds is 6. The molecule has 1 N–H and O–H groups in total. The van der Waals surface area contributed by atoms with Crippen molar-refractivity contribution in [2.45, 2.75) is 38.9 Å². The van der Waals surface area contributed by atoms with E-state index in [0.29, 0.717) is 6.42 Å². The van der Waals surface area contributed by atoms with E-state index >= 15 is 0 Å². The van der Waals surface area contributed by atoms with Crippen LogP contribution in [0.5, 0.6) is 0 Å². The monoisotopic (exact) mass is 330 g/mol. The van der Waals surface area contributed by atoms with Crippen LogP contribution in [-0.2, 0) is 14.6 Å². The van der Waals surface area contributed by atoms with Gasteiger partial charge < -0.3 is 4.90 Å². The van der Waals surface area contributed by atoms with E-state index < -0.39 is 15.4 Å². The second-order valence-electron chi connectivity index (χ2n) is 5.48. The van der Waals surface area contributed by atoms with Crippen molar-refractivity contribution < 1.29 is 13.2 Å². The van der Waals surface area contributed by atoms with Crippen molar-refractivity contribution in [1.29, 1.82) is 0 Å². The summed E-state index contributed by atoms with van der Waals surface area (Å²) in [5, 5.41) is 5.33. The maximum absolute atomic E-state index is 12.6. The van der Waals surface area contributed by atoms with Crippen LogP contribution < -0.4 is 5.32 Å². The van der Waals surface area contributed by atoms with Gasteiger partial charge in [-0.3, -0.25) is 10.1 Å². The molecule has 0 aromatic carbocycles. The number of amides is 1. The van der Waals surface area contributed by atoms with E-state index in [1.54, 1.807) is 23.2 Å². The predicted molar refractivity (Wildman–Crippen MR) is 84.9 cm³/mol. The smallest absolute Gasteiger partial charge is 0.244 e. The number of carbonyl (C=O) groups excluding carboxylic acids is 1. The molecular weight excluding hydrogens is 308 g/mol. The first kappa shape index (κ1) is 16.5. The number of thiophene rings is 1. The van der Waals surface area contributed by atoms with Gasteiger partial charge in [-0.2, -0.15) is 0 Å². The van der Waals surface area contributed by atoms with Gasteiger partial charge in [0.2, 0.25) is 5.91 Å². The molecule has 1 amide bonds. The molecule has 0 saturated carbocycles. The Morgan fingerprint density at radius 3 is 2.67 bits per heavy atom. The third kappa shape index (κ3) is 3.30. The first-order valence-electron chi connectivity index (χ1n) is 7.15. The highest BCUT2D eigenvalue weighted by Gasteiger charge is 2.47. The summed E-state index contributed by atoms with van der Waals surface area (Å²) in [5.74, 6) is 0.102. The highest BCUT2D eigenvalue weighted by atomic mass is 32.2. The number of hydrogen-bond donors (Lipinski definition) is 1. The number of carbonyl (C=O) groups is 1. The first-order valence-corrected chi connectivity index (χ1v) is 9.85. The van der Waals surface area contributed by atoms with Crippen LogP contribution in [0.3, 0.4) is 0 Å². The molecule has 1 saturated heterocycles. The fraction of sp³-hybridized carbons (Fsp3) is 0.643. The van der Waals surface area contributed by atoms with Crippen molar-refractivity contribution in [3.05, 3.63) is 22.4 Å². The minimum atomic E-state index is -3.08. The summed E-state index contributed by atoms with van der Waals surface area (Å²) in [4.78, 5) is 15.3. The zero-order valence-corrected chi connectivity index (χ0v) is 14.3. The maximum atomic E-state index is 12.6. The van der Waals surface area contributed by atoms with Gasteiger partial charge in [0.05, 0.1) is 11.3 Å². The average Bonchev–Trinajstić information content (AvgIpc) is 3.06. The normalized spacial score (nSPS) is 26.5. The predicted octanol–water partition coefficient (Wildman–Crippen LogP) is 1.78. The summed E-state index contributed by atoms with van der Waals surface area (Å²) in [6.07, 6.45) is 0.444. The van der Waals surface area contributed by atoms with Gasteiger partial charge in [-0.1, -0.05) is 19.9 Å². The fourth-order valence-electron chi connectivity index (χ4n) is 2.41. The van der Waals surface area contributed by atoms with Crippen LogP contribution in [0, 0.1) is 0 Å². The molecule has 7 heteroatoms. The number of nitrogens with zero attached hydrogens (tertiary/aromatic N) is 1. The minimum Gasteiger partial charge on any atom is -0.319 e. The zero-order valence-electron chi connectivity index (χ0n) is 12.6. The molecule has 1 aromatic rings. The molecule has 0 radical (unpaired) electrons. The Morgan fingerprint density at radius 1 is 1.43 bits per heavy atom. The second-order valence-corrected chi connectivity index (χ2v) is 8.93. The molecule has 0 spiro atoms. The van der Waals surface area contributed by atoms with E-state index in [2.05, 4.69) is 5.32 Å². The molecule has 21 heavy (non-hydrogen) atoms. The van der Waals surface area contributed by atoms with Crippen molar-refractivity contribution >= 4 is 27.1 Å². The van der Waals surface area contributed by atoms with Gasteiger partial charge in [-0.15, -0.1) is 11.3 Å². The summed E-state index contributed by atoms with van der Waals surface area (Å²) in [5.41, 5.74) is -0.620. The van der Waals surface area contributed by atoms with Crippen molar-refractivity contribution in [2.75, 3.05) is 18.1 Å². The second kappa shape index (κ2) is 6.06. The van der Waals surface area contributed by atoms with E-state index in [-0.39, 0.29) is 30.1 Å². The van der Waals surface area contributed by atoms with E-state index in [4.69, 9.17) is 0 Å². The molecule has 2 atom stereocenters. The van der Waals surface area contributed by atoms with Gasteiger partial charge in [0.15, 0.2) is 9.84 Å². The van der Waals surface area contributed by atoms with E-state index in [0.717, 1.165) is 4.88 Å². The number of nitrogens with one attached hydrogen (secondary N) is 1. The summed E-state index contributed by atoms with van der Waals surface area (Å²) < 4.78 is 23.5. The van der Waals surface area contributed by atoms with Crippen LogP contribution >= 0.6 is 11.3 Å². The van der Waals surface area contributed by atoms with Crippen LogP contribution in [-0.4, -0.2) is 42.8 Å². The molecule has 5 nitrogen and oxygen atoms in total. The standard InChI is InChI=1S/C14H22N2O3S2/c1-4-14(3)13(17)16(8-10-21(18,19)5-2)12(15-14)11-7-6-9-20-11/h6-7,9,12,15H,4-5,8,10H2,1-3H3. The van der Waals surface area contributed by atoms with Crippen molar-refractivity contribution in [1.82, 2.24) is 10.2 Å². The van der Waals surface area contributed by atoms with E-state index in [9.17, 15) is 13.2 Å². The zero-order chi connectivity index (χ0) is 15.7. The lowest BCUT2D eigenvalue weighted by Crippen LogP contribution is -2.43. The van der Waals surface area contributed by atoms with Crippen molar-refractivity contribution in [3.8, 4) is 0 Å². The Hall–Kier alpha value is -0.920. The Labute approximate surface area is 130 Å². The lowest BCUT2D eigenvalue weighted by Gasteiger charge is -2.23. The van der Waals surface area contributed by atoms with Crippen LogP contribution in [0.15, 0.2) is 17.5 Å². The van der Waals surface area contributed by atoms with Gasteiger partial charge in [0.1, 0.15) is 6.17 Å². The molecule has 1 fully saturated rings. The SMILES string of the molecule is CCC1(C)NC(c2cccs2)N(CCS(=O)(=O)CC)C1=O. The van der Waals surface area contributed by atoms with Gasteiger partial charge in [0, 0.05) is 17.2 Å². The summed E-state index contributed by atoms with van der Waals surface area (Å²) >= 11 is 1.57. The molecule has 2 rings (SSSR count). The van der Waals surface area contributed by atoms with Gasteiger partial charge >= 0.3 is 0 Å².